The van der Waals surface area contributed by atoms with Gasteiger partial charge < -0.3 is 5.11 Å². The predicted molar refractivity (Wildman–Crippen MR) is 81.0 cm³/mol. The van der Waals surface area contributed by atoms with Crippen LogP contribution >= 0.6 is 0 Å². The minimum Gasteiger partial charge on any atom is -0.508 e. The summed E-state index contributed by atoms with van der Waals surface area (Å²) in [6.45, 7) is 5.00. The molecular weight excluding hydrogens is 246 g/mol. The summed E-state index contributed by atoms with van der Waals surface area (Å²) in [5.41, 5.74) is 2.92. The van der Waals surface area contributed by atoms with E-state index < -0.39 is 0 Å². The van der Waals surface area contributed by atoms with Gasteiger partial charge >= 0.3 is 0 Å². The van der Waals surface area contributed by atoms with E-state index in [1.54, 1.807) is 0 Å². The minimum atomic E-state index is 0.440. The molecule has 2 heteroatoms. The molecule has 1 N–H and O–H groups in total. The van der Waals surface area contributed by atoms with Crippen molar-refractivity contribution in [2.45, 2.75) is 51.0 Å². The number of fused-ring (bicyclic) bond motifs is 5. The fourth-order valence-corrected chi connectivity index (χ4v) is 4.43. The quantitative estimate of drug-likeness (QED) is 0.889. The van der Waals surface area contributed by atoms with E-state index in [0.717, 1.165) is 17.9 Å². The lowest BCUT2D eigenvalue weighted by Crippen LogP contribution is -2.38. The molecule has 2 nitrogen and oxygen atoms in total. The maximum Gasteiger partial charge on any atom is 0.115 e. The molecular formula is C18H25NO. The Bertz CT molecular complexity index is 508. The second kappa shape index (κ2) is 4.77. The van der Waals surface area contributed by atoms with Gasteiger partial charge in [-0.1, -0.05) is 13.0 Å². The second-order valence-electron chi connectivity index (χ2n) is 7.29. The summed E-state index contributed by atoms with van der Waals surface area (Å²) < 4.78 is 0. The van der Waals surface area contributed by atoms with Gasteiger partial charge in [0.2, 0.25) is 0 Å². The number of rotatable bonds is 2. The van der Waals surface area contributed by atoms with E-state index >= 15 is 0 Å². The van der Waals surface area contributed by atoms with Crippen LogP contribution in [0.4, 0.5) is 0 Å². The molecule has 4 rings (SSSR count). The summed E-state index contributed by atoms with van der Waals surface area (Å²) in [6.07, 6.45) is 6.68. The summed E-state index contributed by atoms with van der Waals surface area (Å²) in [5.74, 6) is 2.82. The lowest BCUT2D eigenvalue weighted by Gasteiger charge is -2.32. The van der Waals surface area contributed by atoms with Crippen molar-refractivity contribution >= 4 is 0 Å². The van der Waals surface area contributed by atoms with Gasteiger partial charge in [0, 0.05) is 12.6 Å². The van der Waals surface area contributed by atoms with Crippen LogP contribution in [0.25, 0.3) is 0 Å². The smallest absolute Gasteiger partial charge is 0.115 e. The molecule has 2 unspecified atom stereocenters. The monoisotopic (exact) mass is 271 g/mol. The minimum absolute atomic E-state index is 0.440. The van der Waals surface area contributed by atoms with Gasteiger partial charge in [-0.2, -0.15) is 0 Å². The van der Waals surface area contributed by atoms with E-state index in [4.69, 9.17) is 0 Å². The number of aromatic hydroxyl groups is 1. The first-order valence-corrected chi connectivity index (χ1v) is 8.26. The summed E-state index contributed by atoms with van der Waals surface area (Å²) in [6, 6.07) is 6.80. The van der Waals surface area contributed by atoms with Gasteiger partial charge in [-0.15, -0.1) is 0 Å². The Morgan fingerprint density at radius 2 is 2.10 bits per heavy atom. The molecule has 2 fully saturated rings. The Kier molecular flexibility index (Phi) is 3.03. The van der Waals surface area contributed by atoms with E-state index in [9.17, 15) is 5.11 Å². The third-order valence-electron chi connectivity index (χ3n) is 5.75. The van der Waals surface area contributed by atoms with E-state index in [1.807, 2.05) is 12.1 Å². The number of hydrogen-bond donors (Lipinski definition) is 1. The number of phenols is 1. The van der Waals surface area contributed by atoms with E-state index in [2.05, 4.69) is 17.9 Å². The summed E-state index contributed by atoms with van der Waals surface area (Å²) in [5, 5.41) is 9.83. The van der Waals surface area contributed by atoms with Crippen molar-refractivity contribution in [3.05, 3.63) is 29.3 Å². The molecule has 20 heavy (non-hydrogen) atoms. The summed E-state index contributed by atoms with van der Waals surface area (Å²) in [4.78, 5) is 2.78. The number of likely N-dealkylation sites (tertiary alicyclic amines) is 1. The largest absolute Gasteiger partial charge is 0.508 e. The Labute approximate surface area is 121 Å². The van der Waals surface area contributed by atoms with Crippen LogP contribution < -0.4 is 0 Å². The van der Waals surface area contributed by atoms with Crippen LogP contribution in [0.15, 0.2) is 18.2 Å². The van der Waals surface area contributed by atoms with Gasteiger partial charge in [0.1, 0.15) is 5.75 Å². The molecule has 0 aromatic heterocycles. The third kappa shape index (κ3) is 2.24. The van der Waals surface area contributed by atoms with Crippen molar-refractivity contribution in [2.75, 3.05) is 13.1 Å². The fourth-order valence-electron chi connectivity index (χ4n) is 4.43. The molecule has 3 atom stereocenters. The van der Waals surface area contributed by atoms with Gasteiger partial charge in [-0.05, 0) is 79.7 Å². The van der Waals surface area contributed by atoms with Crippen LogP contribution in [0.3, 0.4) is 0 Å². The molecule has 0 amide bonds. The van der Waals surface area contributed by atoms with Crippen molar-refractivity contribution in [1.82, 2.24) is 4.90 Å². The number of phenolic OH excluding ortho intramolecular Hbond substituents is 1. The highest BCUT2D eigenvalue weighted by Crippen LogP contribution is 2.43. The summed E-state index contributed by atoms with van der Waals surface area (Å²) in [7, 11) is 0. The topological polar surface area (TPSA) is 23.5 Å². The number of benzene rings is 1. The first kappa shape index (κ1) is 12.7. The van der Waals surface area contributed by atoms with Gasteiger partial charge in [0.25, 0.3) is 0 Å². The molecule has 1 aliphatic heterocycles. The van der Waals surface area contributed by atoms with Crippen molar-refractivity contribution < 1.29 is 5.11 Å². The van der Waals surface area contributed by atoms with Crippen molar-refractivity contribution in [1.29, 1.82) is 0 Å². The molecule has 1 heterocycles. The highest BCUT2D eigenvalue weighted by molar-refractivity contribution is 5.39. The second-order valence-corrected chi connectivity index (χ2v) is 7.29. The molecule has 2 bridgehead atoms. The Balaban J connectivity index is 1.68. The van der Waals surface area contributed by atoms with Crippen molar-refractivity contribution in [3.8, 4) is 5.75 Å². The Morgan fingerprint density at radius 3 is 2.90 bits per heavy atom. The number of hydrogen-bond acceptors (Lipinski definition) is 2. The zero-order valence-corrected chi connectivity index (χ0v) is 12.4. The lowest BCUT2D eigenvalue weighted by atomic mass is 9.83. The van der Waals surface area contributed by atoms with Gasteiger partial charge in [0.15, 0.2) is 0 Å². The van der Waals surface area contributed by atoms with Crippen molar-refractivity contribution in [3.63, 3.8) is 0 Å². The first-order valence-electron chi connectivity index (χ1n) is 8.26. The molecule has 108 valence electrons. The Hall–Kier alpha value is -1.02. The lowest BCUT2D eigenvalue weighted by molar-refractivity contribution is 0.184. The molecule has 3 aliphatic rings. The standard InChI is InChI=1S/C18H25NO/c1-12-8-15-9-14-4-5-16(20)10-18(14)17(12)6-7-19(15)11-13-2-3-13/h4-5,10,12-13,15,17,20H,2-3,6-9,11H2,1H3/t12?,15?,17-/m0/s1. The SMILES string of the molecule is CC1CC2Cc3ccc(O)cc3[C@H]1CCN2CC1CC1. The van der Waals surface area contributed by atoms with Crippen LogP contribution in [-0.4, -0.2) is 29.1 Å². The van der Waals surface area contributed by atoms with Gasteiger partial charge in [-0.25, -0.2) is 0 Å². The average molecular weight is 271 g/mol. The number of nitrogens with zero attached hydrogens (tertiary/aromatic N) is 1. The Morgan fingerprint density at radius 1 is 1.25 bits per heavy atom. The molecule has 2 aliphatic carbocycles. The van der Waals surface area contributed by atoms with Crippen LogP contribution in [0, 0.1) is 11.8 Å². The highest BCUT2D eigenvalue weighted by Gasteiger charge is 2.37. The predicted octanol–water partition coefficient (Wildman–Crippen LogP) is 3.54. The van der Waals surface area contributed by atoms with Gasteiger partial charge in [-0.3, -0.25) is 4.90 Å². The van der Waals surface area contributed by atoms with E-state index in [-0.39, 0.29) is 0 Å². The average Bonchev–Trinajstić information content (AvgIpc) is 3.22. The maximum atomic E-state index is 9.83. The van der Waals surface area contributed by atoms with Gasteiger partial charge in [0.05, 0.1) is 0 Å². The van der Waals surface area contributed by atoms with Crippen LogP contribution in [0.1, 0.15) is 49.7 Å². The first-order chi connectivity index (χ1) is 9.70. The zero-order valence-electron chi connectivity index (χ0n) is 12.4. The van der Waals surface area contributed by atoms with E-state index in [1.165, 1.54) is 56.3 Å². The zero-order chi connectivity index (χ0) is 13.7. The molecule has 1 saturated carbocycles. The summed E-state index contributed by atoms with van der Waals surface area (Å²) >= 11 is 0. The van der Waals surface area contributed by atoms with Crippen LogP contribution in [0.2, 0.25) is 0 Å². The molecule has 1 aromatic carbocycles. The normalized spacial score (nSPS) is 33.5. The van der Waals surface area contributed by atoms with Crippen LogP contribution in [-0.2, 0) is 6.42 Å². The third-order valence-corrected chi connectivity index (χ3v) is 5.75. The highest BCUT2D eigenvalue weighted by atomic mass is 16.3. The molecule has 0 spiro atoms. The molecule has 1 aromatic rings. The van der Waals surface area contributed by atoms with E-state index in [0.29, 0.717) is 11.7 Å². The molecule has 1 saturated heterocycles. The molecule has 0 radical (unpaired) electrons. The van der Waals surface area contributed by atoms with Crippen LogP contribution in [0.5, 0.6) is 5.75 Å². The fraction of sp³-hybridized carbons (Fsp3) is 0.667. The maximum absolute atomic E-state index is 9.83. The van der Waals surface area contributed by atoms with Crippen molar-refractivity contribution in [2.24, 2.45) is 11.8 Å².